The van der Waals surface area contributed by atoms with Crippen molar-refractivity contribution in [3.8, 4) is 11.5 Å². The summed E-state index contributed by atoms with van der Waals surface area (Å²) in [5.74, 6) is 1.61. The zero-order chi connectivity index (χ0) is 17.9. The average molecular weight is 340 g/mol. The highest BCUT2D eigenvalue weighted by Gasteiger charge is 2.33. The SMILES string of the molecule is CC(C)(C)OC(=O)N1CC(Nc2ccc(Oc3ccccc3)cc2)C1. The highest BCUT2D eigenvalue weighted by Crippen LogP contribution is 2.24. The number of rotatable bonds is 4. The lowest BCUT2D eigenvalue weighted by molar-refractivity contribution is 0.0105. The van der Waals surface area contributed by atoms with Crippen molar-refractivity contribution in [1.82, 2.24) is 4.90 Å². The maximum atomic E-state index is 11.9. The molecular formula is C20H24N2O3. The molecule has 5 nitrogen and oxygen atoms in total. The molecule has 1 fully saturated rings. The Morgan fingerprint density at radius 2 is 1.60 bits per heavy atom. The van der Waals surface area contributed by atoms with Crippen LogP contribution in [0.15, 0.2) is 54.6 Å². The number of hydrogen-bond donors (Lipinski definition) is 1. The van der Waals surface area contributed by atoms with E-state index in [4.69, 9.17) is 9.47 Å². The summed E-state index contributed by atoms with van der Waals surface area (Å²) in [5, 5.41) is 3.41. The molecule has 0 spiro atoms. The van der Waals surface area contributed by atoms with Crippen LogP contribution in [0.25, 0.3) is 0 Å². The zero-order valence-electron chi connectivity index (χ0n) is 14.9. The Kier molecular flexibility index (Phi) is 4.83. The van der Waals surface area contributed by atoms with Gasteiger partial charge in [-0.05, 0) is 57.2 Å². The first-order valence-corrected chi connectivity index (χ1v) is 8.46. The molecule has 2 aromatic carbocycles. The molecule has 1 N–H and O–H groups in total. The lowest BCUT2D eigenvalue weighted by atomic mass is 10.1. The van der Waals surface area contributed by atoms with Gasteiger partial charge in [0.1, 0.15) is 17.1 Å². The molecule has 0 bridgehead atoms. The molecule has 25 heavy (non-hydrogen) atoms. The number of carbonyl (C=O) groups is 1. The van der Waals surface area contributed by atoms with Gasteiger partial charge in [-0.3, -0.25) is 0 Å². The van der Waals surface area contributed by atoms with Crippen molar-refractivity contribution in [2.75, 3.05) is 18.4 Å². The lowest BCUT2D eigenvalue weighted by Crippen LogP contribution is -2.57. The van der Waals surface area contributed by atoms with Crippen LogP contribution in [0.5, 0.6) is 11.5 Å². The van der Waals surface area contributed by atoms with Crippen molar-refractivity contribution in [2.45, 2.75) is 32.4 Å². The summed E-state index contributed by atoms with van der Waals surface area (Å²) >= 11 is 0. The van der Waals surface area contributed by atoms with E-state index in [0.717, 1.165) is 17.2 Å². The molecule has 0 radical (unpaired) electrons. The van der Waals surface area contributed by atoms with Crippen molar-refractivity contribution in [3.05, 3.63) is 54.6 Å². The van der Waals surface area contributed by atoms with Gasteiger partial charge in [0.2, 0.25) is 0 Å². The summed E-state index contributed by atoms with van der Waals surface area (Å²) in [4.78, 5) is 13.6. The van der Waals surface area contributed by atoms with Crippen molar-refractivity contribution in [2.24, 2.45) is 0 Å². The number of amides is 1. The second-order valence-corrected chi connectivity index (χ2v) is 7.17. The largest absolute Gasteiger partial charge is 0.457 e. The monoisotopic (exact) mass is 340 g/mol. The van der Waals surface area contributed by atoms with Crippen LogP contribution in [0.1, 0.15) is 20.8 Å². The van der Waals surface area contributed by atoms with Gasteiger partial charge in [-0.1, -0.05) is 18.2 Å². The third-order valence-corrected chi connectivity index (χ3v) is 3.74. The first kappa shape index (κ1) is 17.1. The van der Waals surface area contributed by atoms with Gasteiger partial charge in [-0.2, -0.15) is 0 Å². The van der Waals surface area contributed by atoms with Crippen molar-refractivity contribution >= 4 is 11.8 Å². The maximum absolute atomic E-state index is 11.9. The van der Waals surface area contributed by atoms with Gasteiger partial charge in [0.05, 0.1) is 6.04 Å². The molecule has 0 saturated carbocycles. The van der Waals surface area contributed by atoms with Crippen molar-refractivity contribution in [3.63, 3.8) is 0 Å². The number of nitrogens with one attached hydrogen (secondary N) is 1. The van der Waals surface area contributed by atoms with Crippen LogP contribution in [0.3, 0.4) is 0 Å². The number of anilines is 1. The van der Waals surface area contributed by atoms with Gasteiger partial charge in [0.25, 0.3) is 0 Å². The summed E-state index contributed by atoms with van der Waals surface area (Å²) < 4.78 is 11.1. The van der Waals surface area contributed by atoms with Crippen LogP contribution in [0, 0.1) is 0 Å². The Morgan fingerprint density at radius 3 is 2.20 bits per heavy atom. The van der Waals surface area contributed by atoms with E-state index in [0.29, 0.717) is 13.1 Å². The number of para-hydroxylation sites is 1. The van der Waals surface area contributed by atoms with Crippen LogP contribution in [0.2, 0.25) is 0 Å². The van der Waals surface area contributed by atoms with E-state index in [9.17, 15) is 4.79 Å². The molecular weight excluding hydrogens is 316 g/mol. The van der Waals surface area contributed by atoms with Crippen LogP contribution in [0.4, 0.5) is 10.5 Å². The van der Waals surface area contributed by atoms with E-state index in [1.165, 1.54) is 0 Å². The summed E-state index contributed by atoms with van der Waals surface area (Å²) in [6.45, 7) is 6.92. The highest BCUT2D eigenvalue weighted by molar-refractivity contribution is 5.69. The van der Waals surface area contributed by atoms with Gasteiger partial charge in [0.15, 0.2) is 0 Å². The quantitative estimate of drug-likeness (QED) is 0.890. The third kappa shape index (κ3) is 4.89. The molecule has 1 aliphatic rings. The topological polar surface area (TPSA) is 50.8 Å². The van der Waals surface area contributed by atoms with Gasteiger partial charge in [-0.25, -0.2) is 4.79 Å². The lowest BCUT2D eigenvalue weighted by Gasteiger charge is -2.40. The molecule has 5 heteroatoms. The van der Waals surface area contributed by atoms with E-state index in [-0.39, 0.29) is 12.1 Å². The fourth-order valence-corrected chi connectivity index (χ4v) is 2.52. The molecule has 0 aromatic heterocycles. The number of likely N-dealkylation sites (tertiary alicyclic amines) is 1. The summed E-state index contributed by atoms with van der Waals surface area (Å²) in [6.07, 6.45) is -0.253. The molecule has 1 saturated heterocycles. The molecule has 1 amide bonds. The van der Waals surface area contributed by atoms with E-state index >= 15 is 0 Å². The Labute approximate surface area is 148 Å². The standard InChI is InChI=1S/C20H24N2O3/c1-20(2,3)25-19(23)22-13-16(14-22)21-15-9-11-18(12-10-15)24-17-7-5-4-6-8-17/h4-12,16,21H,13-14H2,1-3H3. The smallest absolute Gasteiger partial charge is 0.410 e. The number of carbonyl (C=O) groups excluding carboxylic acids is 1. The predicted molar refractivity (Wildman–Crippen MR) is 98.2 cm³/mol. The van der Waals surface area contributed by atoms with Gasteiger partial charge in [0, 0.05) is 18.8 Å². The van der Waals surface area contributed by atoms with Gasteiger partial charge < -0.3 is 19.7 Å². The minimum atomic E-state index is -0.454. The van der Waals surface area contributed by atoms with Crippen LogP contribution >= 0.6 is 0 Å². The Morgan fingerprint density at radius 1 is 1.00 bits per heavy atom. The minimum Gasteiger partial charge on any atom is -0.457 e. The number of nitrogens with zero attached hydrogens (tertiary/aromatic N) is 1. The normalized spacial score (nSPS) is 14.6. The van der Waals surface area contributed by atoms with Gasteiger partial charge >= 0.3 is 6.09 Å². The molecule has 3 rings (SSSR count). The highest BCUT2D eigenvalue weighted by atomic mass is 16.6. The third-order valence-electron chi connectivity index (χ3n) is 3.74. The zero-order valence-corrected chi connectivity index (χ0v) is 14.9. The Balaban J connectivity index is 1.46. The van der Waals surface area contributed by atoms with Crippen LogP contribution in [-0.2, 0) is 4.74 Å². The molecule has 0 atom stereocenters. The Hall–Kier alpha value is -2.69. The molecule has 2 aromatic rings. The first-order chi connectivity index (χ1) is 11.9. The molecule has 0 unspecified atom stereocenters. The van der Waals surface area contributed by atoms with E-state index in [2.05, 4.69) is 5.32 Å². The van der Waals surface area contributed by atoms with Crippen molar-refractivity contribution < 1.29 is 14.3 Å². The van der Waals surface area contributed by atoms with Crippen LogP contribution < -0.4 is 10.1 Å². The summed E-state index contributed by atoms with van der Waals surface area (Å²) in [7, 11) is 0. The maximum Gasteiger partial charge on any atom is 0.410 e. The van der Waals surface area contributed by atoms with Crippen LogP contribution in [-0.4, -0.2) is 35.7 Å². The number of benzene rings is 2. The minimum absolute atomic E-state index is 0.244. The summed E-state index contributed by atoms with van der Waals surface area (Å²) in [5.41, 5.74) is 0.554. The molecule has 0 aliphatic carbocycles. The van der Waals surface area contributed by atoms with Crippen molar-refractivity contribution in [1.29, 1.82) is 0 Å². The summed E-state index contributed by atoms with van der Waals surface area (Å²) in [6, 6.07) is 17.8. The predicted octanol–water partition coefficient (Wildman–Crippen LogP) is 4.51. The second-order valence-electron chi connectivity index (χ2n) is 7.17. The molecule has 132 valence electrons. The van der Waals surface area contributed by atoms with E-state index in [1.807, 2.05) is 75.4 Å². The fraction of sp³-hybridized carbons (Fsp3) is 0.350. The van der Waals surface area contributed by atoms with E-state index in [1.54, 1.807) is 4.90 Å². The Bertz CT molecular complexity index is 702. The number of ether oxygens (including phenoxy) is 2. The second kappa shape index (κ2) is 7.05. The molecule has 1 aliphatic heterocycles. The first-order valence-electron chi connectivity index (χ1n) is 8.46. The van der Waals surface area contributed by atoms with E-state index < -0.39 is 5.60 Å². The molecule has 1 heterocycles. The average Bonchev–Trinajstić information content (AvgIpc) is 2.51. The fourth-order valence-electron chi connectivity index (χ4n) is 2.52. The van der Waals surface area contributed by atoms with Gasteiger partial charge in [-0.15, -0.1) is 0 Å². The number of hydrogen-bond acceptors (Lipinski definition) is 4.